The second-order valence-corrected chi connectivity index (χ2v) is 20.3. The molecule has 0 amide bonds. The van der Waals surface area contributed by atoms with Crippen molar-refractivity contribution in [3.05, 3.63) is 131 Å². The molecule has 0 atom stereocenters. The molecule has 0 saturated heterocycles. The summed E-state index contributed by atoms with van der Waals surface area (Å²) in [5, 5.41) is 5.64. The molecule has 0 unspecified atom stereocenters. The number of benzene rings is 4. The third kappa shape index (κ3) is 12.4. The zero-order valence-electron chi connectivity index (χ0n) is 33.2. The van der Waals surface area contributed by atoms with Crippen molar-refractivity contribution in [2.45, 2.75) is 117 Å². The van der Waals surface area contributed by atoms with Crippen molar-refractivity contribution in [3.8, 4) is 22.3 Å². The van der Waals surface area contributed by atoms with Crippen LogP contribution in [0.2, 0.25) is 12.6 Å². The Balaban J connectivity index is 0.000000174. The van der Waals surface area contributed by atoms with E-state index in [1.807, 2.05) is 0 Å². The van der Waals surface area contributed by atoms with Crippen LogP contribution >= 0.6 is 17.0 Å². The predicted octanol–water partition coefficient (Wildman–Crippen LogP) is 16.0. The van der Waals surface area contributed by atoms with E-state index in [1.165, 1.54) is 143 Å². The molecule has 4 heteroatoms. The van der Waals surface area contributed by atoms with Gasteiger partial charge in [-0.2, -0.15) is 12.1 Å². The summed E-state index contributed by atoms with van der Waals surface area (Å²) in [5.74, 6) is 1.83. The van der Waals surface area contributed by atoms with Gasteiger partial charge in [0.15, 0.2) is 0 Å². The molecule has 2 radical (unpaired) electrons. The first-order valence-electron chi connectivity index (χ1n) is 20.7. The summed E-state index contributed by atoms with van der Waals surface area (Å²) in [6.45, 7) is 8.88. The first kappa shape index (κ1) is 42.9. The average Bonchev–Trinajstić information content (AvgIpc) is 4.04. The molecular formula is C50H60Cl2SiZr. The summed E-state index contributed by atoms with van der Waals surface area (Å²) in [5.41, 5.74) is 11.3. The van der Waals surface area contributed by atoms with Crippen molar-refractivity contribution in [2.24, 2.45) is 11.8 Å². The Morgan fingerprint density at radius 3 is 1.30 bits per heavy atom. The summed E-state index contributed by atoms with van der Waals surface area (Å²) in [6, 6.07) is 42.7. The molecule has 0 aromatic heterocycles. The predicted molar refractivity (Wildman–Crippen MR) is 238 cm³/mol. The van der Waals surface area contributed by atoms with Crippen molar-refractivity contribution in [1.82, 2.24) is 0 Å². The van der Waals surface area contributed by atoms with Crippen LogP contribution in [0.5, 0.6) is 0 Å². The number of rotatable bonds is 10. The first-order chi connectivity index (χ1) is 26.5. The second-order valence-electron chi connectivity index (χ2n) is 15.3. The summed E-state index contributed by atoms with van der Waals surface area (Å²) >= 11 is -0.826. The average molecular weight is 851 g/mol. The fraction of sp³-hybridized carbons (Fsp3) is 0.400. The van der Waals surface area contributed by atoms with E-state index in [0.29, 0.717) is 0 Å². The molecule has 6 aromatic rings. The summed E-state index contributed by atoms with van der Waals surface area (Å²) in [4.78, 5) is 0. The van der Waals surface area contributed by atoms with Gasteiger partial charge in [0.2, 0.25) is 0 Å². The molecule has 0 spiro atoms. The van der Waals surface area contributed by atoms with Gasteiger partial charge in [-0.15, -0.1) is 69.1 Å². The van der Waals surface area contributed by atoms with Crippen LogP contribution < -0.4 is 0 Å². The van der Waals surface area contributed by atoms with E-state index >= 15 is 0 Å². The summed E-state index contributed by atoms with van der Waals surface area (Å²) in [6.07, 6.45) is 17.5. The third-order valence-electron chi connectivity index (χ3n) is 11.5. The van der Waals surface area contributed by atoms with E-state index in [0.717, 1.165) is 34.2 Å². The van der Waals surface area contributed by atoms with Gasteiger partial charge in [-0.25, -0.2) is 0 Å². The van der Waals surface area contributed by atoms with E-state index in [-0.39, 0.29) is 0 Å². The van der Waals surface area contributed by atoms with E-state index in [9.17, 15) is 0 Å². The molecule has 0 N–H and O–H groups in total. The molecule has 2 fully saturated rings. The van der Waals surface area contributed by atoms with Gasteiger partial charge < -0.3 is 0 Å². The molecule has 282 valence electrons. The van der Waals surface area contributed by atoms with Crippen molar-refractivity contribution >= 4 is 48.1 Å². The Labute approximate surface area is 348 Å². The SMILES string of the molecule is CCC[Si]C.CCc1ccc(-c2cccc3[cH-]c(CC4CCCC4)cc23)cc1.CCc1ccc(-c2cccc3[cH-]c(CC4CCCC4)cc23)cc1.[Cl][Zr+2][Cl]. The van der Waals surface area contributed by atoms with Crippen LogP contribution in [0.3, 0.4) is 0 Å². The fourth-order valence-corrected chi connectivity index (χ4v) is 9.02. The van der Waals surface area contributed by atoms with Crippen molar-refractivity contribution in [3.63, 3.8) is 0 Å². The quantitative estimate of drug-likeness (QED) is 0.0951. The van der Waals surface area contributed by atoms with Gasteiger partial charge in [0.1, 0.15) is 0 Å². The third-order valence-corrected chi connectivity index (χ3v) is 12.5. The molecule has 0 nitrogen and oxygen atoms in total. The first-order valence-corrected chi connectivity index (χ1v) is 28.7. The minimum absolute atomic E-state index is 0.826. The Hall–Kier alpha value is -2.22. The number of hydrogen-bond acceptors (Lipinski definition) is 0. The van der Waals surface area contributed by atoms with Crippen LogP contribution in [0.4, 0.5) is 0 Å². The number of aryl methyl sites for hydroxylation is 2. The number of hydrogen-bond donors (Lipinski definition) is 0. The van der Waals surface area contributed by atoms with Crippen molar-refractivity contribution < 1.29 is 20.8 Å². The Kier molecular flexibility index (Phi) is 18.4. The molecule has 8 rings (SSSR count). The van der Waals surface area contributed by atoms with Gasteiger partial charge in [0.25, 0.3) is 0 Å². The molecule has 2 saturated carbocycles. The Morgan fingerprint density at radius 1 is 0.593 bits per heavy atom. The van der Waals surface area contributed by atoms with E-state index in [2.05, 4.69) is 137 Å². The second kappa shape index (κ2) is 23.1. The molecule has 6 aromatic carbocycles. The van der Waals surface area contributed by atoms with E-state index < -0.39 is 20.8 Å². The Morgan fingerprint density at radius 2 is 0.981 bits per heavy atom. The van der Waals surface area contributed by atoms with Gasteiger partial charge in [0.05, 0.1) is 0 Å². The maximum absolute atomic E-state index is 4.93. The van der Waals surface area contributed by atoms with Gasteiger partial charge in [-0.05, 0) is 59.8 Å². The van der Waals surface area contributed by atoms with Crippen molar-refractivity contribution in [2.75, 3.05) is 0 Å². The summed E-state index contributed by atoms with van der Waals surface area (Å²) in [7, 11) is 11.0. The normalized spacial score (nSPS) is 14.2. The van der Waals surface area contributed by atoms with Crippen LogP contribution in [0.1, 0.15) is 101 Å². The van der Waals surface area contributed by atoms with Gasteiger partial charge in [0, 0.05) is 9.52 Å². The molecule has 54 heavy (non-hydrogen) atoms. The monoisotopic (exact) mass is 848 g/mol. The van der Waals surface area contributed by atoms with Crippen LogP contribution in [0.25, 0.3) is 43.8 Å². The Bertz CT molecular complexity index is 1800. The van der Waals surface area contributed by atoms with Crippen LogP contribution in [0, 0.1) is 11.8 Å². The summed E-state index contributed by atoms with van der Waals surface area (Å²) < 4.78 is 0. The van der Waals surface area contributed by atoms with E-state index in [1.54, 1.807) is 0 Å². The van der Waals surface area contributed by atoms with Crippen LogP contribution in [0.15, 0.2) is 109 Å². The molecule has 0 aliphatic heterocycles. The zero-order chi connectivity index (χ0) is 38.1. The minimum atomic E-state index is -0.826. The standard InChI is InChI=1S/2C23H25.C4H10Si.2ClH.Zr/c2*1-2-17-10-12-20(13-11-17)22-9-5-8-21-15-19(16-23(21)22)14-18-6-3-4-7-18;1-3-4-5-2;;;/h2*5,8-13,15-16,18H,2-4,6-7,14H2,1H3;3-4H2,1-2H3;2*1H;/q2*-1;;;;+4/p-2. The van der Waals surface area contributed by atoms with Crippen LogP contribution in [-0.2, 0) is 46.5 Å². The zero-order valence-corrected chi connectivity index (χ0v) is 38.2. The molecule has 0 bridgehead atoms. The molecule has 2 aliphatic rings. The van der Waals surface area contributed by atoms with E-state index in [4.69, 9.17) is 17.0 Å². The fourth-order valence-electron chi connectivity index (χ4n) is 8.52. The number of fused-ring (bicyclic) bond motifs is 2. The van der Waals surface area contributed by atoms with Crippen molar-refractivity contribution in [1.29, 1.82) is 0 Å². The molecular weight excluding hydrogens is 791 g/mol. The molecule has 2 aliphatic carbocycles. The van der Waals surface area contributed by atoms with Crippen LogP contribution in [-0.4, -0.2) is 9.52 Å². The number of halogens is 2. The van der Waals surface area contributed by atoms with Gasteiger partial charge >= 0.3 is 37.9 Å². The molecule has 0 heterocycles. The van der Waals surface area contributed by atoms with Gasteiger partial charge in [-0.1, -0.05) is 163 Å². The van der Waals surface area contributed by atoms with Gasteiger partial charge in [-0.3, -0.25) is 0 Å². The maximum atomic E-state index is 4.93. The topological polar surface area (TPSA) is 0 Å².